The van der Waals surface area contributed by atoms with Gasteiger partial charge < -0.3 is 10.4 Å². The number of anilines is 1. The normalized spacial score (nSPS) is 11.3. The Kier molecular flexibility index (Phi) is 5.15. The van der Waals surface area contributed by atoms with Crippen LogP contribution in [0.2, 0.25) is 0 Å². The van der Waals surface area contributed by atoms with Crippen molar-refractivity contribution >= 4 is 23.4 Å². The van der Waals surface area contributed by atoms with Crippen LogP contribution in [0, 0.1) is 0 Å². The molecule has 0 aliphatic rings. The highest BCUT2D eigenvalue weighted by atomic mass is 32.2. The first kappa shape index (κ1) is 17.1. The predicted octanol–water partition coefficient (Wildman–Crippen LogP) is 4.17. The summed E-state index contributed by atoms with van der Waals surface area (Å²) >= 11 is 1.44. The number of pyridine rings is 1. The Morgan fingerprint density at radius 2 is 2.04 bits per heavy atom. The van der Waals surface area contributed by atoms with Gasteiger partial charge in [-0.1, -0.05) is 19.1 Å². The molecule has 122 valence electrons. The molecule has 0 atom stereocenters. The van der Waals surface area contributed by atoms with E-state index in [1.165, 1.54) is 11.8 Å². The molecule has 23 heavy (non-hydrogen) atoms. The molecule has 0 radical (unpaired) electrons. The van der Waals surface area contributed by atoms with Crippen LogP contribution < -0.4 is 5.32 Å². The average Bonchev–Trinajstić information content (AvgIpc) is 2.49. The maximum absolute atomic E-state index is 12.7. The van der Waals surface area contributed by atoms with Crippen LogP contribution in [0.5, 0.6) is 5.75 Å². The molecule has 0 unspecified atom stereocenters. The minimum atomic E-state index is -4.66. The van der Waals surface area contributed by atoms with Crippen LogP contribution in [0.15, 0.2) is 41.4 Å². The second-order valence-electron chi connectivity index (χ2n) is 4.47. The monoisotopic (exact) mass is 342 g/mol. The van der Waals surface area contributed by atoms with E-state index in [-0.39, 0.29) is 5.69 Å². The summed E-state index contributed by atoms with van der Waals surface area (Å²) in [5.41, 5.74) is -1.21. The van der Waals surface area contributed by atoms with Crippen molar-refractivity contribution in [3.05, 3.63) is 47.8 Å². The van der Waals surface area contributed by atoms with E-state index in [4.69, 9.17) is 0 Å². The van der Waals surface area contributed by atoms with Crippen LogP contribution >= 0.6 is 11.8 Å². The number of rotatable bonds is 4. The summed E-state index contributed by atoms with van der Waals surface area (Å²) in [4.78, 5) is 16.1. The Morgan fingerprint density at radius 3 is 2.70 bits per heavy atom. The van der Waals surface area contributed by atoms with E-state index in [1.54, 1.807) is 24.3 Å². The maximum atomic E-state index is 12.7. The highest BCUT2D eigenvalue weighted by Gasteiger charge is 2.33. The summed E-state index contributed by atoms with van der Waals surface area (Å²) in [5.74, 6) is -0.397. The molecule has 0 fully saturated rings. The zero-order valence-corrected chi connectivity index (χ0v) is 12.8. The quantitative estimate of drug-likeness (QED) is 0.819. The van der Waals surface area contributed by atoms with Gasteiger partial charge in [0.2, 0.25) is 0 Å². The van der Waals surface area contributed by atoms with Crippen molar-refractivity contribution in [3.8, 4) is 5.75 Å². The fraction of sp³-hybridized carbons (Fsp3) is 0.200. The number of carbonyl (C=O) groups is 1. The Bertz CT molecular complexity index is 720. The van der Waals surface area contributed by atoms with Crippen molar-refractivity contribution < 1.29 is 23.1 Å². The molecule has 0 aliphatic heterocycles. The Labute approximate surface area is 134 Å². The highest BCUT2D eigenvalue weighted by molar-refractivity contribution is 7.99. The average molecular weight is 342 g/mol. The minimum Gasteiger partial charge on any atom is -0.504 e. The van der Waals surface area contributed by atoms with Crippen LogP contribution in [-0.4, -0.2) is 21.8 Å². The molecular weight excluding hydrogens is 329 g/mol. The third-order valence-electron chi connectivity index (χ3n) is 2.85. The molecule has 8 heteroatoms. The zero-order valence-electron chi connectivity index (χ0n) is 12.0. The number of carbonyl (C=O) groups excluding carboxylic acids is 1. The Hall–Kier alpha value is -2.22. The van der Waals surface area contributed by atoms with Crippen molar-refractivity contribution in [1.29, 1.82) is 0 Å². The van der Waals surface area contributed by atoms with Crippen molar-refractivity contribution in [3.63, 3.8) is 0 Å². The van der Waals surface area contributed by atoms with E-state index >= 15 is 0 Å². The first-order chi connectivity index (χ1) is 10.8. The van der Waals surface area contributed by atoms with Crippen LogP contribution in [0.1, 0.15) is 23.0 Å². The molecule has 0 bridgehead atoms. The Balaban J connectivity index is 2.31. The van der Waals surface area contributed by atoms with E-state index in [0.717, 1.165) is 5.75 Å². The molecule has 1 aromatic heterocycles. The number of hydrogen-bond acceptors (Lipinski definition) is 4. The van der Waals surface area contributed by atoms with E-state index < -0.39 is 23.5 Å². The molecule has 2 N–H and O–H groups in total. The largest absolute Gasteiger partial charge is 0.504 e. The fourth-order valence-corrected chi connectivity index (χ4v) is 2.63. The van der Waals surface area contributed by atoms with Gasteiger partial charge in [0.15, 0.2) is 5.75 Å². The predicted molar refractivity (Wildman–Crippen MR) is 81.7 cm³/mol. The summed E-state index contributed by atoms with van der Waals surface area (Å²) in [6, 6.07) is 7.33. The summed E-state index contributed by atoms with van der Waals surface area (Å²) in [6.07, 6.45) is -4.01. The number of thioether (sulfide) groups is 1. The van der Waals surface area contributed by atoms with Crippen LogP contribution in [-0.2, 0) is 6.18 Å². The number of nitrogens with zero attached hydrogens (tertiary/aromatic N) is 1. The smallest absolute Gasteiger partial charge is 0.433 e. The molecule has 4 nitrogen and oxygen atoms in total. The molecule has 0 saturated carbocycles. The molecule has 1 heterocycles. The molecule has 1 amide bonds. The van der Waals surface area contributed by atoms with Gasteiger partial charge in [-0.15, -0.1) is 11.8 Å². The van der Waals surface area contributed by atoms with Gasteiger partial charge in [0.25, 0.3) is 5.91 Å². The molecular formula is C15H13F3N2O2S. The van der Waals surface area contributed by atoms with Crippen molar-refractivity contribution in [2.24, 2.45) is 0 Å². The Morgan fingerprint density at radius 1 is 1.35 bits per heavy atom. The number of halogens is 3. The van der Waals surface area contributed by atoms with Gasteiger partial charge in [0.1, 0.15) is 5.69 Å². The summed E-state index contributed by atoms with van der Waals surface area (Å²) in [5, 5.41) is 11.9. The molecule has 0 saturated heterocycles. The number of benzene rings is 1. The van der Waals surface area contributed by atoms with Gasteiger partial charge >= 0.3 is 6.18 Å². The number of hydrogen-bond donors (Lipinski definition) is 2. The topological polar surface area (TPSA) is 62.2 Å². The van der Waals surface area contributed by atoms with Crippen molar-refractivity contribution in [2.45, 2.75) is 18.0 Å². The third-order valence-corrected chi connectivity index (χ3v) is 3.81. The SMILES string of the molecule is CCSc1ccccc1C(=O)Nc1cc(C(F)(F)F)ncc1O. The first-order valence-electron chi connectivity index (χ1n) is 6.62. The first-order valence-corrected chi connectivity index (χ1v) is 7.61. The summed E-state index contributed by atoms with van der Waals surface area (Å²) < 4.78 is 38.0. The van der Waals surface area contributed by atoms with Crippen molar-refractivity contribution in [1.82, 2.24) is 4.98 Å². The number of aromatic nitrogens is 1. The van der Waals surface area contributed by atoms with E-state index in [9.17, 15) is 23.1 Å². The minimum absolute atomic E-state index is 0.323. The van der Waals surface area contributed by atoms with Gasteiger partial charge in [-0.2, -0.15) is 13.2 Å². The van der Waals surface area contributed by atoms with E-state index in [0.29, 0.717) is 22.7 Å². The number of nitrogens with one attached hydrogen (secondary N) is 1. The zero-order chi connectivity index (χ0) is 17.0. The lowest BCUT2D eigenvalue weighted by atomic mass is 10.2. The van der Waals surface area contributed by atoms with Gasteiger partial charge in [-0.3, -0.25) is 4.79 Å². The van der Waals surface area contributed by atoms with Gasteiger partial charge in [0, 0.05) is 4.90 Å². The van der Waals surface area contributed by atoms with Gasteiger partial charge in [0.05, 0.1) is 17.4 Å². The second-order valence-corrected chi connectivity index (χ2v) is 5.77. The lowest BCUT2D eigenvalue weighted by molar-refractivity contribution is -0.141. The van der Waals surface area contributed by atoms with Gasteiger partial charge in [-0.05, 0) is 24.0 Å². The summed E-state index contributed by atoms with van der Waals surface area (Å²) in [6.45, 7) is 1.92. The van der Waals surface area contributed by atoms with Crippen LogP contribution in [0.4, 0.5) is 18.9 Å². The molecule has 0 spiro atoms. The van der Waals surface area contributed by atoms with Crippen LogP contribution in [0.3, 0.4) is 0 Å². The maximum Gasteiger partial charge on any atom is 0.433 e. The van der Waals surface area contributed by atoms with Gasteiger partial charge in [-0.25, -0.2) is 4.98 Å². The standard InChI is InChI=1S/C15H13F3N2O2S/c1-2-23-12-6-4-3-5-9(12)14(22)20-10-7-13(15(16,17)18)19-8-11(10)21/h3-8,21H,2H2,1H3,(H,19,20,22). The lowest BCUT2D eigenvalue weighted by Gasteiger charge is -2.12. The number of aromatic hydroxyl groups is 1. The third kappa shape index (κ3) is 4.16. The molecule has 2 rings (SSSR count). The number of amides is 1. The molecule has 2 aromatic rings. The van der Waals surface area contributed by atoms with Crippen LogP contribution in [0.25, 0.3) is 0 Å². The molecule has 0 aliphatic carbocycles. The summed E-state index contributed by atoms with van der Waals surface area (Å²) in [7, 11) is 0. The highest BCUT2D eigenvalue weighted by Crippen LogP contribution is 2.33. The fourth-order valence-electron chi connectivity index (χ4n) is 1.83. The second kappa shape index (κ2) is 6.91. The number of alkyl halides is 3. The van der Waals surface area contributed by atoms with Crippen molar-refractivity contribution in [2.75, 3.05) is 11.1 Å². The molecule has 1 aromatic carbocycles. The van der Waals surface area contributed by atoms with E-state index in [1.807, 2.05) is 6.92 Å². The lowest BCUT2D eigenvalue weighted by Crippen LogP contribution is -2.15. The van der Waals surface area contributed by atoms with E-state index in [2.05, 4.69) is 10.3 Å².